The molecule has 0 saturated carbocycles. The van der Waals surface area contributed by atoms with E-state index in [1.807, 2.05) is 9.88 Å². The van der Waals surface area contributed by atoms with Crippen molar-refractivity contribution < 1.29 is 11.0 Å². The van der Waals surface area contributed by atoms with Crippen molar-refractivity contribution in [1.82, 2.24) is 0 Å². The van der Waals surface area contributed by atoms with E-state index in [2.05, 4.69) is 0 Å². The van der Waals surface area contributed by atoms with Gasteiger partial charge in [0.2, 0.25) is 0 Å². The molecule has 0 spiro atoms. The van der Waals surface area contributed by atoms with Crippen LogP contribution in [0.4, 0.5) is 0 Å². The summed E-state index contributed by atoms with van der Waals surface area (Å²) in [5, 5.41) is 0. The lowest BCUT2D eigenvalue weighted by molar-refractivity contribution is 0.823. The SMILES string of the molecule is N#[Si].O.O.[Si]. The number of hydrogen-bond acceptors (Lipinski definition) is 1. The Morgan fingerprint density at radius 3 is 1.00 bits per heavy atom. The molecule has 0 aromatic heterocycles. The summed E-state index contributed by atoms with van der Waals surface area (Å²) in [7, 11) is 1.97. The quantitative estimate of drug-likeness (QED) is 0.317. The van der Waals surface area contributed by atoms with E-state index < -0.39 is 0 Å². The summed E-state index contributed by atoms with van der Waals surface area (Å²) in [5.74, 6) is 0. The van der Waals surface area contributed by atoms with Gasteiger partial charge in [0, 0.05) is 11.0 Å². The normalized spacial score (nSPS) is 0.400. The first-order valence-electron chi connectivity index (χ1n) is 0.224. The van der Waals surface area contributed by atoms with Gasteiger partial charge >= 0.3 is 0 Å². The second kappa shape index (κ2) is 9380. The highest BCUT2D eigenvalue weighted by atomic mass is 28.1. The fourth-order valence-electron chi connectivity index (χ4n) is 0. The second-order valence-corrected chi connectivity index (χ2v) is 0. The summed E-state index contributed by atoms with van der Waals surface area (Å²) in [6.45, 7) is 0. The molecule has 0 aromatic carbocycles. The minimum absolute atomic E-state index is 0. The van der Waals surface area contributed by atoms with E-state index in [1.54, 1.807) is 0 Å². The third kappa shape index (κ3) is 4260. The Morgan fingerprint density at radius 2 is 1.00 bits per heavy atom. The molecule has 0 heterocycles. The molecular weight excluding hydrogens is 102 g/mol. The molecule has 0 unspecified atom stereocenters. The van der Waals surface area contributed by atoms with Gasteiger partial charge < -0.3 is 11.0 Å². The van der Waals surface area contributed by atoms with Gasteiger partial charge in [-0.25, -0.2) is 0 Å². The third-order valence-corrected chi connectivity index (χ3v) is 0. The average Bonchev–Trinajstić information content (AvgIpc) is 1.00. The van der Waals surface area contributed by atoms with Crippen LogP contribution in [-0.4, -0.2) is 31.8 Å². The lowest BCUT2D eigenvalue weighted by Gasteiger charge is -0.640. The Labute approximate surface area is 37.7 Å². The largest absolute Gasteiger partial charge is 0.412 e. The van der Waals surface area contributed by atoms with Crippen LogP contribution in [-0.2, 0) is 0 Å². The monoisotopic (exact) mass is 106 g/mol. The number of rotatable bonds is 0. The lowest BCUT2D eigenvalue weighted by Crippen LogP contribution is -0.793. The molecule has 0 aliphatic rings. The van der Waals surface area contributed by atoms with Crippen molar-refractivity contribution in [3.63, 3.8) is 0 Å². The maximum atomic E-state index is 6.81. The van der Waals surface area contributed by atoms with E-state index in [9.17, 15) is 0 Å². The molecule has 0 amide bonds. The smallest absolute Gasteiger partial charge is 0.276 e. The molecular formula is H4NO2Si2. The van der Waals surface area contributed by atoms with Gasteiger partial charge in [-0.3, -0.25) is 4.89 Å². The van der Waals surface area contributed by atoms with E-state index in [1.165, 1.54) is 0 Å². The maximum Gasteiger partial charge on any atom is 0.276 e. The molecule has 4 N–H and O–H groups in total. The summed E-state index contributed by atoms with van der Waals surface area (Å²) in [6, 6.07) is 0. The Kier molecular flexibility index (Phi) is 139000. The zero-order valence-electron chi connectivity index (χ0n) is 2.45. The maximum absolute atomic E-state index is 6.81. The topological polar surface area (TPSA) is 86.8 Å². The van der Waals surface area contributed by atoms with Crippen LogP contribution >= 0.6 is 0 Å². The zero-order chi connectivity index (χ0) is 2.00. The Balaban J connectivity index is -0.00000000167. The van der Waals surface area contributed by atoms with Gasteiger partial charge in [-0.05, 0) is 0 Å². The number of hydrogen-bond donors (Lipinski definition) is 0. The average molecular weight is 106 g/mol. The van der Waals surface area contributed by atoms with E-state index in [4.69, 9.17) is 4.89 Å². The van der Waals surface area contributed by atoms with Gasteiger partial charge in [-0.15, -0.1) is 0 Å². The molecule has 5 heavy (non-hydrogen) atoms. The zero-order valence-corrected chi connectivity index (χ0v) is 4.45. The molecule has 5 heteroatoms. The predicted octanol–water partition coefficient (Wildman–Crippen LogP) is -2.40. The molecule has 5 radical (unpaired) electrons. The van der Waals surface area contributed by atoms with Gasteiger partial charge in [0.25, 0.3) is 9.88 Å². The molecule has 0 aromatic rings. The lowest BCUT2D eigenvalue weighted by atomic mass is 14.0. The van der Waals surface area contributed by atoms with Crippen LogP contribution < -0.4 is 0 Å². The minimum Gasteiger partial charge on any atom is -0.412 e. The van der Waals surface area contributed by atoms with Crippen LogP contribution in [0.1, 0.15) is 0 Å². The van der Waals surface area contributed by atoms with Gasteiger partial charge in [0.05, 0.1) is 0 Å². The summed E-state index contributed by atoms with van der Waals surface area (Å²) >= 11 is 0. The fourth-order valence-corrected chi connectivity index (χ4v) is 0. The van der Waals surface area contributed by atoms with Gasteiger partial charge in [0.15, 0.2) is 0 Å². The number of nitrogens with zero attached hydrogens (tertiary/aromatic N) is 1. The second-order valence-electron chi connectivity index (χ2n) is 0. The van der Waals surface area contributed by atoms with Crippen LogP contribution in [0.5, 0.6) is 0 Å². The first kappa shape index (κ1) is 73.9. The fraction of sp³-hybridized carbons (Fsp3) is 0. The van der Waals surface area contributed by atoms with Crippen molar-refractivity contribution in [1.29, 1.82) is 4.89 Å². The summed E-state index contributed by atoms with van der Waals surface area (Å²) in [5.41, 5.74) is 0. The summed E-state index contributed by atoms with van der Waals surface area (Å²) in [4.78, 5) is 6.81. The van der Waals surface area contributed by atoms with Crippen molar-refractivity contribution in [3.8, 4) is 0 Å². The Morgan fingerprint density at radius 1 is 1.00 bits per heavy atom. The highest BCUT2D eigenvalue weighted by Gasteiger charge is 0.640. The highest BCUT2D eigenvalue weighted by Crippen LogP contribution is 0.427. The highest BCUT2D eigenvalue weighted by molar-refractivity contribution is 5.84. The van der Waals surface area contributed by atoms with Gasteiger partial charge in [-0.2, -0.15) is 0 Å². The molecule has 0 aliphatic carbocycles. The van der Waals surface area contributed by atoms with Crippen molar-refractivity contribution in [2.45, 2.75) is 0 Å². The van der Waals surface area contributed by atoms with Crippen molar-refractivity contribution in [3.05, 3.63) is 0 Å². The van der Waals surface area contributed by atoms with Crippen LogP contribution in [0, 0.1) is 4.89 Å². The first-order chi connectivity index (χ1) is 1.00. The first-order valence-corrected chi connectivity index (χ1v) is 0.671. The van der Waals surface area contributed by atoms with Gasteiger partial charge in [-0.1, -0.05) is 0 Å². The van der Waals surface area contributed by atoms with E-state index in [0.29, 0.717) is 0 Å². The minimum atomic E-state index is 0. The van der Waals surface area contributed by atoms with E-state index >= 15 is 0 Å². The predicted molar refractivity (Wildman–Crippen MR) is 20.5 cm³/mol. The standard InChI is InChI=1S/NSi.2H2O.Si/c1-2;;;/h;2*1H2;. The third-order valence-electron chi connectivity index (χ3n) is 0. The van der Waals surface area contributed by atoms with Gasteiger partial charge in [0.1, 0.15) is 0 Å². The van der Waals surface area contributed by atoms with Crippen LogP contribution in [0.3, 0.4) is 0 Å². The van der Waals surface area contributed by atoms with Crippen LogP contribution in [0.15, 0.2) is 0 Å². The molecule has 0 atom stereocenters. The van der Waals surface area contributed by atoms with Crippen molar-refractivity contribution in [2.24, 2.45) is 0 Å². The van der Waals surface area contributed by atoms with E-state index in [0.717, 1.165) is 0 Å². The molecule has 0 aliphatic heterocycles. The molecule has 3 nitrogen and oxygen atoms in total. The van der Waals surface area contributed by atoms with Crippen molar-refractivity contribution in [2.75, 3.05) is 0 Å². The molecule has 0 saturated heterocycles. The van der Waals surface area contributed by atoms with Crippen LogP contribution in [0.2, 0.25) is 0 Å². The summed E-state index contributed by atoms with van der Waals surface area (Å²) in [6.07, 6.45) is 0. The Hall–Kier alpha value is 0.0638. The molecule has 0 bridgehead atoms. The molecule has 0 rings (SSSR count). The Bertz CT molecular complexity index is 12.4. The summed E-state index contributed by atoms with van der Waals surface area (Å²) < 4.78 is 0. The molecule has 0 fully saturated rings. The van der Waals surface area contributed by atoms with Crippen LogP contribution in [0.25, 0.3) is 0 Å². The molecule has 29 valence electrons. The van der Waals surface area contributed by atoms with E-state index in [-0.39, 0.29) is 21.9 Å². The van der Waals surface area contributed by atoms with Crippen molar-refractivity contribution >= 4 is 20.8 Å².